The zero-order chi connectivity index (χ0) is 21.3. The van der Waals surface area contributed by atoms with Crippen molar-refractivity contribution in [1.29, 1.82) is 0 Å². The van der Waals surface area contributed by atoms with Gasteiger partial charge >= 0.3 is 5.97 Å². The number of rotatable bonds is 4. The standard InChI is InChI=1S/C23H23N3O4S/c1-24-10-13(15-6-2-3-7-17(15)24)11-25-20-19(16-9-18(27)21(20)30-22(16)28)26(23(25)31)12-14-5-4-8-29-14/h2-8,10,16,18-21,27H,9,11-12H2,1H3. The van der Waals surface area contributed by atoms with Crippen LogP contribution >= 0.6 is 12.2 Å². The van der Waals surface area contributed by atoms with E-state index in [0.717, 1.165) is 16.8 Å². The van der Waals surface area contributed by atoms with Crippen LogP contribution in [0.5, 0.6) is 0 Å². The SMILES string of the molecule is Cn1cc(CN2C(=S)N(Cc3ccco3)C3C4CC(O)C(OC4=O)C32)c2ccccc21. The van der Waals surface area contributed by atoms with E-state index in [4.69, 9.17) is 21.4 Å². The maximum Gasteiger partial charge on any atom is 0.311 e. The molecule has 1 aliphatic carbocycles. The number of carbonyl (C=O) groups is 1. The Bertz CT molecular complexity index is 1170. The summed E-state index contributed by atoms with van der Waals surface area (Å²) in [4.78, 5) is 16.8. The molecule has 4 fully saturated rings. The fraction of sp³-hybridized carbons (Fsp3) is 0.391. The Morgan fingerprint density at radius 1 is 1.13 bits per heavy atom. The monoisotopic (exact) mass is 437 g/mol. The highest BCUT2D eigenvalue weighted by atomic mass is 32.1. The molecule has 2 bridgehead atoms. The number of hydrogen-bond donors (Lipinski definition) is 1. The predicted octanol–water partition coefficient (Wildman–Crippen LogP) is 2.42. The second kappa shape index (κ2) is 6.83. The summed E-state index contributed by atoms with van der Waals surface area (Å²) in [5.41, 5.74) is 2.31. The predicted molar refractivity (Wildman–Crippen MR) is 117 cm³/mol. The second-order valence-electron chi connectivity index (χ2n) is 8.69. The molecule has 5 atom stereocenters. The number of thiocarbonyl (C=S) groups is 1. The van der Waals surface area contributed by atoms with Crippen LogP contribution in [0.25, 0.3) is 10.9 Å². The molecule has 7 rings (SSSR count). The molecule has 5 unspecified atom stereocenters. The molecule has 0 amide bonds. The van der Waals surface area contributed by atoms with E-state index in [0.29, 0.717) is 24.6 Å². The van der Waals surface area contributed by atoms with Gasteiger partial charge in [0.05, 0.1) is 36.9 Å². The fourth-order valence-corrected chi connectivity index (χ4v) is 6.01. The number of carbonyl (C=O) groups excluding carboxylic acids is 1. The third kappa shape index (κ3) is 2.74. The van der Waals surface area contributed by atoms with Crippen molar-refractivity contribution < 1.29 is 19.1 Å². The average molecular weight is 438 g/mol. The lowest BCUT2D eigenvalue weighted by molar-refractivity contribution is -0.199. The minimum absolute atomic E-state index is 0.137. The van der Waals surface area contributed by atoms with Crippen LogP contribution in [0.3, 0.4) is 0 Å². The highest BCUT2D eigenvalue weighted by Crippen LogP contribution is 2.45. The number of benzene rings is 1. The van der Waals surface area contributed by atoms with E-state index in [-0.39, 0.29) is 18.1 Å². The number of hydrogen-bond acceptors (Lipinski definition) is 5. The largest absolute Gasteiger partial charge is 0.467 e. The first-order valence-electron chi connectivity index (χ1n) is 10.5. The van der Waals surface area contributed by atoms with E-state index in [9.17, 15) is 9.90 Å². The molecule has 8 heteroatoms. The number of para-hydroxylation sites is 1. The average Bonchev–Trinajstić information content (AvgIpc) is 3.45. The van der Waals surface area contributed by atoms with Crippen molar-refractivity contribution in [2.45, 2.75) is 43.8 Å². The number of aliphatic hydroxyl groups excluding tert-OH is 1. The van der Waals surface area contributed by atoms with Gasteiger partial charge in [0, 0.05) is 30.7 Å². The van der Waals surface area contributed by atoms with Gasteiger partial charge in [0.15, 0.2) is 5.11 Å². The van der Waals surface area contributed by atoms with Crippen LogP contribution in [-0.4, -0.2) is 54.8 Å². The molecule has 7 nitrogen and oxygen atoms in total. The molecular formula is C23H23N3O4S. The fourth-order valence-electron chi connectivity index (χ4n) is 5.63. The summed E-state index contributed by atoms with van der Waals surface area (Å²) >= 11 is 5.94. The van der Waals surface area contributed by atoms with Gasteiger partial charge in [-0.05, 0) is 42.4 Å². The van der Waals surface area contributed by atoms with E-state index in [2.05, 4.69) is 32.7 Å². The molecule has 160 valence electrons. The van der Waals surface area contributed by atoms with Crippen molar-refractivity contribution in [1.82, 2.24) is 14.4 Å². The summed E-state index contributed by atoms with van der Waals surface area (Å²) < 4.78 is 13.4. The van der Waals surface area contributed by atoms with Crippen LogP contribution in [-0.2, 0) is 29.7 Å². The van der Waals surface area contributed by atoms with Crippen LogP contribution in [0.1, 0.15) is 17.7 Å². The summed E-state index contributed by atoms with van der Waals surface area (Å²) in [7, 11) is 2.04. The Labute approximate surface area is 184 Å². The van der Waals surface area contributed by atoms with Crippen molar-refractivity contribution in [2.75, 3.05) is 0 Å². The Balaban J connectivity index is 1.41. The minimum atomic E-state index is -0.676. The molecule has 4 aliphatic rings. The van der Waals surface area contributed by atoms with Crippen molar-refractivity contribution >= 4 is 34.2 Å². The highest BCUT2D eigenvalue weighted by Gasteiger charge is 2.62. The zero-order valence-electron chi connectivity index (χ0n) is 17.0. The van der Waals surface area contributed by atoms with Gasteiger partial charge in [0.1, 0.15) is 11.9 Å². The summed E-state index contributed by atoms with van der Waals surface area (Å²) in [5, 5.41) is 12.5. The van der Waals surface area contributed by atoms with Gasteiger partial charge in [-0.15, -0.1) is 0 Å². The van der Waals surface area contributed by atoms with Crippen LogP contribution in [0.2, 0.25) is 0 Å². The molecule has 1 saturated carbocycles. The normalized spacial score (nSPS) is 29.7. The number of aryl methyl sites for hydroxylation is 1. The molecule has 3 aliphatic heterocycles. The second-order valence-corrected chi connectivity index (χ2v) is 9.06. The molecule has 1 aromatic carbocycles. The van der Waals surface area contributed by atoms with E-state index in [1.807, 2.05) is 31.3 Å². The lowest BCUT2D eigenvalue weighted by Gasteiger charge is -2.49. The van der Waals surface area contributed by atoms with Gasteiger partial charge in [-0.1, -0.05) is 18.2 Å². The Morgan fingerprint density at radius 2 is 1.94 bits per heavy atom. The van der Waals surface area contributed by atoms with E-state index in [1.54, 1.807) is 6.26 Å². The number of ether oxygens (including phenoxy) is 1. The topological polar surface area (TPSA) is 71.1 Å². The van der Waals surface area contributed by atoms with Crippen molar-refractivity contribution in [3.63, 3.8) is 0 Å². The third-order valence-corrected chi connectivity index (χ3v) is 7.44. The van der Waals surface area contributed by atoms with Crippen molar-refractivity contribution in [2.24, 2.45) is 13.0 Å². The number of aliphatic hydroxyl groups is 1. The van der Waals surface area contributed by atoms with E-state index in [1.165, 1.54) is 5.39 Å². The maximum atomic E-state index is 12.6. The quantitative estimate of drug-likeness (QED) is 0.497. The van der Waals surface area contributed by atoms with Gasteiger partial charge in [0.25, 0.3) is 0 Å². The van der Waals surface area contributed by atoms with Crippen LogP contribution < -0.4 is 0 Å². The van der Waals surface area contributed by atoms with E-state index >= 15 is 0 Å². The first kappa shape index (κ1) is 18.9. The smallest absolute Gasteiger partial charge is 0.311 e. The highest BCUT2D eigenvalue weighted by molar-refractivity contribution is 7.80. The number of esters is 1. The first-order chi connectivity index (χ1) is 15.0. The molecule has 31 heavy (non-hydrogen) atoms. The molecule has 0 radical (unpaired) electrons. The molecule has 3 saturated heterocycles. The maximum absolute atomic E-state index is 12.6. The molecule has 0 spiro atoms. The van der Waals surface area contributed by atoms with E-state index < -0.39 is 18.1 Å². The van der Waals surface area contributed by atoms with Gasteiger partial charge in [-0.2, -0.15) is 0 Å². The summed E-state index contributed by atoms with van der Waals surface area (Å²) in [5.74, 6) is 0.148. The van der Waals surface area contributed by atoms with Gasteiger partial charge in [-0.25, -0.2) is 0 Å². The molecular weight excluding hydrogens is 414 g/mol. The third-order valence-electron chi connectivity index (χ3n) is 6.97. The molecule has 3 aromatic rings. The minimum Gasteiger partial charge on any atom is -0.467 e. The van der Waals surface area contributed by atoms with Gasteiger partial charge in [0.2, 0.25) is 0 Å². The van der Waals surface area contributed by atoms with Crippen molar-refractivity contribution in [3.05, 3.63) is 60.2 Å². The summed E-state index contributed by atoms with van der Waals surface area (Å²) in [6.45, 7) is 1.08. The first-order valence-corrected chi connectivity index (χ1v) is 10.9. The number of aromatic nitrogens is 1. The summed E-state index contributed by atoms with van der Waals surface area (Å²) in [6.07, 6.45) is 2.91. The summed E-state index contributed by atoms with van der Waals surface area (Å²) in [6, 6.07) is 11.7. The van der Waals surface area contributed by atoms with Crippen molar-refractivity contribution in [3.8, 4) is 0 Å². The van der Waals surface area contributed by atoms with Gasteiger partial charge < -0.3 is 28.6 Å². The number of fused-ring (bicyclic) bond motifs is 3. The van der Waals surface area contributed by atoms with Crippen LogP contribution in [0.4, 0.5) is 0 Å². The lowest BCUT2D eigenvalue weighted by Crippen LogP contribution is -2.66. The van der Waals surface area contributed by atoms with Gasteiger partial charge in [-0.3, -0.25) is 4.79 Å². The van der Waals surface area contributed by atoms with Crippen LogP contribution in [0.15, 0.2) is 53.3 Å². The lowest BCUT2D eigenvalue weighted by atomic mass is 9.74. The Kier molecular flexibility index (Phi) is 4.16. The zero-order valence-corrected chi connectivity index (χ0v) is 17.9. The molecule has 2 aromatic heterocycles. The van der Waals surface area contributed by atoms with Crippen LogP contribution in [0, 0.1) is 5.92 Å². The molecule has 1 N–H and O–H groups in total. The molecule has 5 heterocycles. The Morgan fingerprint density at radius 3 is 2.74 bits per heavy atom. The Hall–Kier alpha value is -2.84. The number of furan rings is 1. The number of nitrogens with zero attached hydrogens (tertiary/aromatic N) is 3.